The highest BCUT2D eigenvalue weighted by Crippen LogP contribution is 2.27. The summed E-state index contributed by atoms with van der Waals surface area (Å²) in [5, 5.41) is 3.70. The third-order valence-corrected chi connectivity index (χ3v) is 7.61. The normalized spacial score (nSPS) is 19.6. The van der Waals surface area contributed by atoms with Crippen molar-refractivity contribution in [3.8, 4) is 0 Å². The van der Waals surface area contributed by atoms with E-state index in [0.717, 1.165) is 29.8 Å². The number of sulfonamides is 1. The topological polar surface area (TPSA) is 82.2 Å². The molecule has 0 aliphatic carbocycles. The molecule has 1 aromatic rings. The molecule has 1 saturated heterocycles. The van der Waals surface area contributed by atoms with Gasteiger partial charge in [-0.05, 0) is 55.6 Å². The number of carbonyl (C=O) groups excluding carboxylic acids is 1. The first-order valence-electron chi connectivity index (χ1n) is 11.5. The van der Waals surface area contributed by atoms with E-state index in [1.165, 1.54) is 11.4 Å². The smallest absolute Gasteiger partial charge is 0.324 e. The van der Waals surface area contributed by atoms with Crippen molar-refractivity contribution in [1.29, 1.82) is 0 Å². The minimum Gasteiger partial charge on any atom is -0.468 e. The quantitative estimate of drug-likeness (QED) is 0.513. The summed E-state index contributed by atoms with van der Waals surface area (Å²) in [5.41, 5.74) is 3.14. The monoisotopic (exact) mass is 482 g/mol. The Balaban J connectivity index is 2.27. The lowest BCUT2D eigenvalue weighted by Gasteiger charge is -2.29. The van der Waals surface area contributed by atoms with Crippen LogP contribution in [0.1, 0.15) is 44.7 Å². The Hall–Kier alpha value is -1.68. The van der Waals surface area contributed by atoms with E-state index in [-0.39, 0.29) is 24.1 Å². The Kier molecular flexibility index (Phi) is 9.32. The first kappa shape index (κ1) is 27.6. The number of esters is 1. The lowest BCUT2D eigenvalue weighted by Crippen LogP contribution is -2.40. The Labute approximate surface area is 200 Å². The van der Waals surface area contributed by atoms with Crippen molar-refractivity contribution >= 4 is 21.7 Å². The number of methoxy groups -OCH3 is 1. The van der Waals surface area contributed by atoms with E-state index in [1.54, 1.807) is 0 Å². The standard InChI is InChI=1S/C24H42N4O4S/c1-24(2,3)14-20(17-26(4)5)25-15-18-11-19(13-21(12-18)27(6)7)16-28-22(23(29)32-8)9-10-33(28,30)31/h11-13,20,22,25H,9-10,14-17H2,1-8H3/t20-,22?/m0/s1. The van der Waals surface area contributed by atoms with Crippen LogP contribution in [0, 0.1) is 5.41 Å². The van der Waals surface area contributed by atoms with Gasteiger partial charge in [-0.15, -0.1) is 0 Å². The van der Waals surface area contributed by atoms with E-state index in [1.807, 2.05) is 31.1 Å². The molecule has 0 saturated carbocycles. The number of nitrogens with one attached hydrogen (secondary N) is 1. The van der Waals surface area contributed by atoms with E-state index < -0.39 is 22.0 Å². The maximum Gasteiger partial charge on any atom is 0.324 e. The Bertz CT molecular complexity index is 910. The van der Waals surface area contributed by atoms with Crippen molar-refractivity contribution in [1.82, 2.24) is 14.5 Å². The number of rotatable bonds is 10. The molecule has 0 aromatic heterocycles. The van der Waals surface area contributed by atoms with Crippen LogP contribution in [0.15, 0.2) is 18.2 Å². The van der Waals surface area contributed by atoms with Crippen molar-refractivity contribution in [2.24, 2.45) is 5.41 Å². The molecule has 1 aliphatic rings. The molecule has 33 heavy (non-hydrogen) atoms. The molecular formula is C24H42N4O4S. The lowest BCUT2D eigenvalue weighted by atomic mass is 9.88. The number of hydrogen-bond donors (Lipinski definition) is 1. The molecule has 2 rings (SSSR count). The third kappa shape index (κ3) is 8.24. The molecule has 0 spiro atoms. The summed E-state index contributed by atoms with van der Waals surface area (Å²) >= 11 is 0. The number of carbonyl (C=O) groups is 1. The van der Waals surface area contributed by atoms with Gasteiger partial charge in [0.25, 0.3) is 0 Å². The Morgan fingerprint density at radius 2 is 1.82 bits per heavy atom. The molecular weight excluding hydrogens is 440 g/mol. The van der Waals surface area contributed by atoms with Crippen LogP contribution in [0.2, 0.25) is 0 Å². The molecule has 1 aromatic carbocycles. The zero-order valence-electron chi connectivity index (χ0n) is 21.5. The van der Waals surface area contributed by atoms with Crippen LogP contribution in [-0.2, 0) is 32.6 Å². The predicted molar refractivity (Wildman–Crippen MR) is 134 cm³/mol. The van der Waals surface area contributed by atoms with Crippen LogP contribution >= 0.6 is 0 Å². The third-order valence-electron chi connectivity index (χ3n) is 5.76. The second-order valence-electron chi connectivity index (χ2n) is 10.7. The van der Waals surface area contributed by atoms with Crippen molar-refractivity contribution in [2.75, 3.05) is 52.5 Å². The molecule has 2 atom stereocenters. The maximum atomic E-state index is 12.6. The number of hydrogen-bond acceptors (Lipinski definition) is 7. The average Bonchev–Trinajstić information content (AvgIpc) is 2.98. The number of ether oxygens (including phenoxy) is 1. The number of benzene rings is 1. The highest BCUT2D eigenvalue weighted by molar-refractivity contribution is 7.89. The van der Waals surface area contributed by atoms with Crippen LogP contribution in [-0.4, -0.2) is 83.3 Å². The number of nitrogens with zero attached hydrogens (tertiary/aromatic N) is 3. The van der Waals surface area contributed by atoms with Crippen molar-refractivity contribution < 1.29 is 17.9 Å². The second kappa shape index (κ2) is 11.2. The van der Waals surface area contributed by atoms with Crippen molar-refractivity contribution in [3.63, 3.8) is 0 Å². The molecule has 0 bridgehead atoms. The van der Waals surface area contributed by atoms with E-state index in [4.69, 9.17) is 4.74 Å². The Morgan fingerprint density at radius 1 is 1.18 bits per heavy atom. The number of anilines is 1. The summed E-state index contributed by atoms with van der Waals surface area (Å²) in [6.45, 7) is 8.50. The van der Waals surface area contributed by atoms with Gasteiger partial charge >= 0.3 is 5.97 Å². The van der Waals surface area contributed by atoms with Gasteiger partial charge in [0.1, 0.15) is 6.04 Å². The summed E-state index contributed by atoms with van der Waals surface area (Å²) in [5.74, 6) is -0.538. The number of likely N-dealkylation sites (N-methyl/N-ethyl adjacent to an activating group) is 1. The highest BCUT2D eigenvalue weighted by atomic mass is 32.2. The fraction of sp³-hybridized carbons (Fsp3) is 0.708. The van der Waals surface area contributed by atoms with Gasteiger partial charge in [-0.1, -0.05) is 26.8 Å². The summed E-state index contributed by atoms with van der Waals surface area (Å²) in [4.78, 5) is 16.4. The van der Waals surface area contributed by atoms with Gasteiger partial charge in [-0.3, -0.25) is 4.79 Å². The maximum absolute atomic E-state index is 12.6. The minimum atomic E-state index is -3.50. The molecule has 9 heteroatoms. The zero-order chi connectivity index (χ0) is 25.0. The second-order valence-corrected chi connectivity index (χ2v) is 12.7. The van der Waals surface area contributed by atoms with E-state index in [2.05, 4.69) is 51.1 Å². The fourth-order valence-corrected chi connectivity index (χ4v) is 5.99. The first-order valence-corrected chi connectivity index (χ1v) is 13.1. The zero-order valence-corrected chi connectivity index (χ0v) is 22.3. The van der Waals surface area contributed by atoms with Gasteiger partial charge in [0, 0.05) is 45.5 Å². The van der Waals surface area contributed by atoms with Gasteiger partial charge < -0.3 is 19.9 Å². The van der Waals surface area contributed by atoms with Gasteiger partial charge in [0.05, 0.1) is 12.9 Å². The minimum absolute atomic E-state index is 0.0342. The van der Waals surface area contributed by atoms with E-state index in [0.29, 0.717) is 12.6 Å². The summed E-state index contributed by atoms with van der Waals surface area (Å²) in [6, 6.07) is 5.70. The van der Waals surface area contributed by atoms with E-state index in [9.17, 15) is 13.2 Å². The van der Waals surface area contributed by atoms with Crippen molar-refractivity contribution in [3.05, 3.63) is 29.3 Å². The lowest BCUT2D eigenvalue weighted by molar-refractivity contribution is -0.144. The van der Waals surface area contributed by atoms with Crippen LogP contribution in [0.3, 0.4) is 0 Å². The molecule has 1 unspecified atom stereocenters. The SMILES string of the molecule is COC(=O)C1CCS(=O)(=O)N1Cc1cc(CN[C@H](CN(C)C)CC(C)(C)C)cc(N(C)C)c1. The molecule has 1 N–H and O–H groups in total. The fourth-order valence-electron chi connectivity index (χ4n) is 4.31. The molecule has 8 nitrogen and oxygen atoms in total. The van der Waals surface area contributed by atoms with Crippen molar-refractivity contribution in [2.45, 2.75) is 58.8 Å². The van der Waals surface area contributed by atoms with Crippen LogP contribution in [0.4, 0.5) is 5.69 Å². The molecule has 0 amide bonds. The van der Waals surface area contributed by atoms with Gasteiger partial charge in [-0.2, -0.15) is 4.31 Å². The highest BCUT2D eigenvalue weighted by Gasteiger charge is 2.42. The van der Waals surface area contributed by atoms with Crippen LogP contribution < -0.4 is 10.2 Å². The summed E-state index contributed by atoms with van der Waals surface area (Å²) in [6.07, 6.45) is 1.30. The summed E-state index contributed by atoms with van der Waals surface area (Å²) in [7, 11) is 5.89. The largest absolute Gasteiger partial charge is 0.468 e. The summed E-state index contributed by atoms with van der Waals surface area (Å²) < 4.78 is 31.4. The molecule has 1 aliphatic heterocycles. The van der Waals surface area contributed by atoms with Crippen LogP contribution in [0.25, 0.3) is 0 Å². The molecule has 1 fully saturated rings. The Morgan fingerprint density at radius 3 is 2.36 bits per heavy atom. The predicted octanol–water partition coefficient (Wildman–Crippen LogP) is 2.29. The van der Waals surface area contributed by atoms with Gasteiger partial charge in [0.2, 0.25) is 10.0 Å². The van der Waals surface area contributed by atoms with Gasteiger partial charge in [-0.25, -0.2) is 8.42 Å². The first-order chi connectivity index (χ1) is 15.2. The van der Waals surface area contributed by atoms with Gasteiger partial charge in [0.15, 0.2) is 0 Å². The average molecular weight is 483 g/mol. The van der Waals surface area contributed by atoms with E-state index >= 15 is 0 Å². The van der Waals surface area contributed by atoms with Crippen LogP contribution in [0.5, 0.6) is 0 Å². The molecule has 188 valence electrons. The molecule has 0 radical (unpaired) electrons. The molecule has 1 heterocycles.